The molecule has 0 saturated carbocycles. The van der Waals surface area contributed by atoms with E-state index in [9.17, 15) is 0 Å². The molecule has 0 aliphatic carbocycles. The largest absolute Gasteiger partial charge is 0.538 e. The molecule has 0 aliphatic rings. The van der Waals surface area contributed by atoms with Crippen LogP contribution in [0.5, 0.6) is 0 Å². The summed E-state index contributed by atoms with van der Waals surface area (Å²) in [5.74, 6) is 0. The SMILES string of the molecule is CCO[Si](OCC)(OCC)c1cc(I)ccc1I. The lowest BCUT2D eigenvalue weighted by Crippen LogP contribution is -2.58. The Morgan fingerprint density at radius 1 is 0.944 bits per heavy atom. The summed E-state index contributed by atoms with van der Waals surface area (Å²) in [6.07, 6.45) is 0. The molecule has 102 valence electrons. The Balaban J connectivity index is 3.24. The van der Waals surface area contributed by atoms with E-state index in [1.165, 1.54) is 3.57 Å². The molecule has 0 aromatic heterocycles. The van der Waals surface area contributed by atoms with E-state index in [4.69, 9.17) is 13.3 Å². The topological polar surface area (TPSA) is 27.7 Å². The van der Waals surface area contributed by atoms with E-state index in [1.54, 1.807) is 0 Å². The van der Waals surface area contributed by atoms with Crippen molar-refractivity contribution < 1.29 is 13.3 Å². The minimum atomic E-state index is -2.76. The highest BCUT2D eigenvalue weighted by molar-refractivity contribution is 14.1. The summed E-state index contributed by atoms with van der Waals surface area (Å²) >= 11 is 4.61. The van der Waals surface area contributed by atoms with E-state index in [0.717, 1.165) is 8.76 Å². The molecule has 0 amide bonds. The van der Waals surface area contributed by atoms with E-state index >= 15 is 0 Å². The van der Waals surface area contributed by atoms with Crippen LogP contribution >= 0.6 is 45.2 Å². The first-order chi connectivity index (χ1) is 8.59. The molecule has 1 aromatic carbocycles. The minimum absolute atomic E-state index is 0.591. The van der Waals surface area contributed by atoms with Crippen molar-refractivity contribution in [1.29, 1.82) is 0 Å². The third-order valence-electron chi connectivity index (χ3n) is 2.26. The lowest BCUT2D eigenvalue weighted by atomic mass is 10.4. The molecule has 18 heavy (non-hydrogen) atoms. The smallest absolute Gasteiger partial charge is 0.370 e. The predicted octanol–water partition coefficient (Wildman–Crippen LogP) is 3.15. The summed E-state index contributed by atoms with van der Waals surface area (Å²) in [4.78, 5) is 0. The Labute approximate surface area is 137 Å². The Morgan fingerprint density at radius 3 is 1.89 bits per heavy atom. The van der Waals surface area contributed by atoms with E-state index in [0.29, 0.717) is 19.8 Å². The van der Waals surface area contributed by atoms with Crippen LogP contribution in [-0.2, 0) is 13.3 Å². The number of benzene rings is 1. The summed E-state index contributed by atoms with van der Waals surface area (Å²) < 4.78 is 20.1. The van der Waals surface area contributed by atoms with Crippen LogP contribution in [0.25, 0.3) is 0 Å². The first-order valence-corrected chi connectivity index (χ1v) is 9.85. The quantitative estimate of drug-likeness (QED) is 0.433. The first kappa shape index (κ1) is 16.8. The van der Waals surface area contributed by atoms with Gasteiger partial charge >= 0.3 is 8.80 Å². The minimum Gasteiger partial charge on any atom is -0.370 e. The van der Waals surface area contributed by atoms with Crippen LogP contribution in [0.15, 0.2) is 18.2 Å². The van der Waals surface area contributed by atoms with Crippen LogP contribution in [0.3, 0.4) is 0 Å². The maximum absolute atomic E-state index is 5.92. The molecule has 0 spiro atoms. The Hall–Kier alpha value is 0.777. The second kappa shape index (κ2) is 8.15. The molecule has 0 saturated heterocycles. The highest BCUT2D eigenvalue weighted by Crippen LogP contribution is 2.17. The van der Waals surface area contributed by atoms with Gasteiger partial charge in [-0.25, -0.2) is 0 Å². The third kappa shape index (κ3) is 4.14. The number of halogens is 2. The van der Waals surface area contributed by atoms with Gasteiger partial charge in [0, 0.05) is 32.1 Å². The van der Waals surface area contributed by atoms with Gasteiger partial charge in [-0.1, -0.05) is 0 Å². The van der Waals surface area contributed by atoms with Gasteiger partial charge in [0.2, 0.25) is 0 Å². The lowest BCUT2D eigenvalue weighted by Gasteiger charge is -2.29. The molecule has 0 radical (unpaired) electrons. The summed E-state index contributed by atoms with van der Waals surface area (Å²) in [5, 5.41) is 1.07. The van der Waals surface area contributed by atoms with Crippen LogP contribution in [0.4, 0.5) is 0 Å². The molecule has 0 N–H and O–H groups in total. The maximum atomic E-state index is 5.92. The fourth-order valence-corrected chi connectivity index (χ4v) is 6.34. The van der Waals surface area contributed by atoms with Crippen LogP contribution in [0.1, 0.15) is 20.8 Å². The third-order valence-corrected chi connectivity index (χ3v) is 7.46. The first-order valence-electron chi connectivity index (χ1n) is 5.97. The van der Waals surface area contributed by atoms with Crippen molar-refractivity contribution in [2.24, 2.45) is 0 Å². The molecule has 1 aromatic rings. The van der Waals surface area contributed by atoms with Gasteiger partial charge in [-0.05, 0) is 84.2 Å². The molecule has 0 heterocycles. The molecule has 0 aliphatic heterocycles. The maximum Gasteiger partial charge on any atom is 0.538 e. The lowest BCUT2D eigenvalue weighted by molar-refractivity contribution is 0.0857. The summed E-state index contributed by atoms with van der Waals surface area (Å²) in [7, 11) is -2.76. The van der Waals surface area contributed by atoms with Crippen molar-refractivity contribution in [2.75, 3.05) is 19.8 Å². The van der Waals surface area contributed by atoms with Crippen molar-refractivity contribution in [2.45, 2.75) is 20.8 Å². The van der Waals surface area contributed by atoms with E-state index in [-0.39, 0.29) is 0 Å². The zero-order valence-corrected chi connectivity index (χ0v) is 16.1. The van der Waals surface area contributed by atoms with Crippen LogP contribution in [-0.4, -0.2) is 28.6 Å². The molecule has 0 atom stereocenters. The highest BCUT2D eigenvalue weighted by atomic mass is 127. The van der Waals surface area contributed by atoms with Crippen molar-refractivity contribution in [3.63, 3.8) is 0 Å². The molecule has 3 nitrogen and oxygen atoms in total. The van der Waals surface area contributed by atoms with Gasteiger partial charge in [-0.15, -0.1) is 0 Å². The summed E-state index contributed by atoms with van der Waals surface area (Å²) in [6.45, 7) is 7.69. The molecule has 1 rings (SSSR count). The molecular weight excluding hydrogens is 474 g/mol. The molecular formula is C12H18I2O3Si. The molecule has 0 bridgehead atoms. The highest BCUT2D eigenvalue weighted by Gasteiger charge is 2.44. The Bertz CT molecular complexity index is 371. The Kier molecular flexibility index (Phi) is 7.62. The fourth-order valence-electron chi connectivity index (χ4n) is 1.66. The van der Waals surface area contributed by atoms with Gasteiger partial charge in [0.25, 0.3) is 0 Å². The standard InChI is InChI=1S/C12H18I2O3Si/c1-4-15-18(16-5-2,17-6-3)12-9-10(13)7-8-11(12)14/h7-9H,4-6H2,1-3H3. The van der Waals surface area contributed by atoms with Gasteiger partial charge in [0.15, 0.2) is 0 Å². The van der Waals surface area contributed by atoms with Crippen molar-refractivity contribution in [3.8, 4) is 0 Å². The van der Waals surface area contributed by atoms with Gasteiger partial charge in [-0.2, -0.15) is 0 Å². The van der Waals surface area contributed by atoms with E-state index in [1.807, 2.05) is 20.8 Å². The van der Waals surface area contributed by atoms with Gasteiger partial charge in [0.1, 0.15) is 0 Å². The van der Waals surface area contributed by atoms with Crippen LogP contribution in [0, 0.1) is 7.14 Å². The second-order valence-electron chi connectivity index (χ2n) is 3.48. The van der Waals surface area contributed by atoms with Gasteiger partial charge in [0.05, 0.1) is 0 Å². The van der Waals surface area contributed by atoms with E-state index in [2.05, 4.69) is 63.4 Å². The second-order valence-corrected chi connectivity index (χ2v) is 8.40. The van der Waals surface area contributed by atoms with Crippen molar-refractivity contribution in [1.82, 2.24) is 0 Å². The normalized spacial score (nSPS) is 11.8. The monoisotopic (exact) mass is 492 g/mol. The van der Waals surface area contributed by atoms with E-state index < -0.39 is 8.80 Å². The van der Waals surface area contributed by atoms with Crippen molar-refractivity contribution >= 4 is 59.2 Å². The Morgan fingerprint density at radius 2 is 1.44 bits per heavy atom. The van der Waals surface area contributed by atoms with Gasteiger partial charge in [-0.3, -0.25) is 0 Å². The number of hydrogen-bond acceptors (Lipinski definition) is 3. The molecule has 0 fully saturated rings. The average Bonchev–Trinajstić information content (AvgIpc) is 2.33. The summed E-state index contributed by atoms with van der Waals surface area (Å²) in [5.41, 5.74) is 0. The predicted molar refractivity (Wildman–Crippen MR) is 92.1 cm³/mol. The molecule has 0 unspecified atom stereocenters. The van der Waals surface area contributed by atoms with Crippen LogP contribution < -0.4 is 5.19 Å². The van der Waals surface area contributed by atoms with Crippen LogP contribution in [0.2, 0.25) is 0 Å². The zero-order valence-electron chi connectivity index (χ0n) is 10.8. The summed E-state index contributed by atoms with van der Waals surface area (Å²) in [6, 6.07) is 6.26. The van der Waals surface area contributed by atoms with Gasteiger partial charge < -0.3 is 13.3 Å². The average molecular weight is 492 g/mol. The number of rotatable bonds is 7. The fraction of sp³-hybridized carbons (Fsp3) is 0.500. The molecule has 6 heteroatoms. The number of hydrogen-bond donors (Lipinski definition) is 0. The van der Waals surface area contributed by atoms with Crippen molar-refractivity contribution in [3.05, 3.63) is 25.3 Å². The zero-order chi connectivity index (χ0) is 13.6.